The van der Waals surface area contributed by atoms with Crippen molar-refractivity contribution in [2.24, 2.45) is 0 Å². The SMILES string of the molecule is CC.CCc1cccc(Oc2cccc(F)c2)c1. The predicted octanol–water partition coefficient (Wildman–Crippen LogP) is 5.21. The number of aryl methyl sites for hydroxylation is 1. The largest absolute Gasteiger partial charge is 0.457 e. The molecule has 2 aromatic carbocycles. The second kappa shape index (κ2) is 7.49. The normalized spacial score (nSPS) is 9.33. The first-order valence-corrected chi connectivity index (χ1v) is 6.30. The van der Waals surface area contributed by atoms with Gasteiger partial charge in [0.15, 0.2) is 0 Å². The number of halogens is 1. The molecule has 0 unspecified atom stereocenters. The van der Waals surface area contributed by atoms with E-state index in [4.69, 9.17) is 4.74 Å². The maximum absolute atomic E-state index is 12.9. The molecule has 0 bridgehead atoms. The lowest BCUT2D eigenvalue weighted by Crippen LogP contribution is -1.86. The Morgan fingerprint density at radius 3 is 2.17 bits per heavy atom. The summed E-state index contributed by atoms with van der Waals surface area (Å²) in [5, 5.41) is 0. The summed E-state index contributed by atoms with van der Waals surface area (Å²) in [6.45, 7) is 6.08. The van der Waals surface area contributed by atoms with Gasteiger partial charge in [-0.2, -0.15) is 0 Å². The van der Waals surface area contributed by atoms with Gasteiger partial charge in [0.05, 0.1) is 0 Å². The van der Waals surface area contributed by atoms with Crippen LogP contribution in [0.4, 0.5) is 4.39 Å². The molecule has 2 aromatic rings. The zero-order valence-electron chi connectivity index (χ0n) is 11.1. The van der Waals surface area contributed by atoms with Crippen molar-refractivity contribution in [1.82, 2.24) is 0 Å². The summed E-state index contributed by atoms with van der Waals surface area (Å²) in [7, 11) is 0. The molecule has 0 amide bonds. The second-order valence-electron chi connectivity index (χ2n) is 3.56. The summed E-state index contributed by atoms with van der Waals surface area (Å²) in [6.07, 6.45) is 0.959. The topological polar surface area (TPSA) is 9.23 Å². The molecule has 0 fully saturated rings. The molecule has 0 saturated carbocycles. The third-order valence-electron chi connectivity index (χ3n) is 2.34. The summed E-state index contributed by atoms with van der Waals surface area (Å²) < 4.78 is 18.5. The molecule has 0 atom stereocenters. The van der Waals surface area contributed by atoms with E-state index in [2.05, 4.69) is 6.92 Å². The van der Waals surface area contributed by atoms with Crippen LogP contribution in [0.2, 0.25) is 0 Å². The third-order valence-corrected chi connectivity index (χ3v) is 2.34. The van der Waals surface area contributed by atoms with Gasteiger partial charge in [0.1, 0.15) is 17.3 Å². The Morgan fingerprint density at radius 1 is 0.944 bits per heavy atom. The quantitative estimate of drug-likeness (QED) is 0.722. The molecule has 1 nitrogen and oxygen atoms in total. The molecule has 0 saturated heterocycles. The van der Waals surface area contributed by atoms with Crippen molar-refractivity contribution in [3.63, 3.8) is 0 Å². The van der Waals surface area contributed by atoms with Crippen molar-refractivity contribution in [3.8, 4) is 11.5 Å². The average Bonchev–Trinajstić information content (AvgIpc) is 2.41. The Hall–Kier alpha value is -1.83. The Balaban J connectivity index is 0.000000771. The van der Waals surface area contributed by atoms with Gasteiger partial charge in [-0.15, -0.1) is 0 Å². The van der Waals surface area contributed by atoms with Gasteiger partial charge in [-0.3, -0.25) is 0 Å². The van der Waals surface area contributed by atoms with Crippen molar-refractivity contribution < 1.29 is 9.13 Å². The number of hydrogen-bond acceptors (Lipinski definition) is 1. The molecule has 0 aliphatic carbocycles. The highest BCUT2D eigenvalue weighted by Gasteiger charge is 1.99. The molecule has 0 radical (unpaired) electrons. The van der Waals surface area contributed by atoms with E-state index in [0.717, 1.165) is 12.2 Å². The van der Waals surface area contributed by atoms with Crippen LogP contribution >= 0.6 is 0 Å². The van der Waals surface area contributed by atoms with Gasteiger partial charge >= 0.3 is 0 Å². The first-order valence-electron chi connectivity index (χ1n) is 6.30. The average molecular weight is 246 g/mol. The van der Waals surface area contributed by atoms with E-state index >= 15 is 0 Å². The van der Waals surface area contributed by atoms with E-state index in [1.54, 1.807) is 12.1 Å². The van der Waals surface area contributed by atoms with Crippen LogP contribution in [0, 0.1) is 5.82 Å². The van der Waals surface area contributed by atoms with Crippen LogP contribution in [-0.2, 0) is 6.42 Å². The van der Waals surface area contributed by atoms with Crippen LogP contribution < -0.4 is 4.74 Å². The van der Waals surface area contributed by atoms with Crippen LogP contribution in [0.15, 0.2) is 48.5 Å². The molecule has 2 heteroatoms. The van der Waals surface area contributed by atoms with E-state index in [9.17, 15) is 4.39 Å². The summed E-state index contributed by atoms with van der Waals surface area (Å²) in [5.41, 5.74) is 1.20. The van der Waals surface area contributed by atoms with Crippen LogP contribution in [0.5, 0.6) is 11.5 Å². The third kappa shape index (κ3) is 4.21. The smallest absolute Gasteiger partial charge is 0.130 e. The van der Waals surface area contributed by atoms with Crippen molar-refractivity contribution in [2.75, 3.05) is 0 Å². The van der Waals surface area contributed by atoms with Crippen LogP contribution in [0.3, 0.4) is 0 Å². The fourth-order valence-electron chi connectivity index (χ4n) is 1.50. The Kier molecular flexibility index (Phi) is 5.92. The predicted molar refractivity (Wildman–Crippen MR) is 73.6 cm³/mol. The van der Waals surface area contributed by atoms with Gasteiger partial charge in [0, 0.05) is 6.07 Å². The number of rotatable bonds is 3. The van der Waals surface area contributed by atoms with Gasteiger partial charge in [-0.05, 0) is 36.2 Å². The summed E-state index contributed by atoms with van der Waals surface area (Å²) in [4.78, 5) is 0. The van der Waals surface area contributed by atoms with Crippen molar-refractivity contribution in [3.05, 3.63) is 59.9 Å². The Morgan fingerprint density at radius 2 is 1.56 bits per heavy atom. The lowest BCUT2D eigenvalue weighted by atomic mass is 10.2. The van der Waals surface area contributed by atoms with E-state index < -0.39 is 0 Å². The number of ether oxygens (including phenoxy) is 1. The molecule has 0 heterocycles. The van der Waals surface area contributed by atoms with Gasteiger partial charge in [-0.25, -0.2) is 4.39 Å². The Labute approximate surface area is 108 Å². The van der Waals surface area contributed by atoms with Crippen molar-refractivity contribution in [2.45, 2.75) is 27.2 Å². The molecule has 0 aliphatic heterocycles. The van der Waals surface area contributed by atoms with Gasteiger partial charge in [0.2, 0.25) is 0 Å². The number of hydrogen-bond donors (Lipinski definition) is 0. The molecular formula is C16H19FO. The lowest BCUT2D eigenvalue weighted by Gasteiger charge is -2.06. The first-order chi connectivity index (χ1) is 8.78. The summed E-state index contributed by atoms with van der Waals surface area (Å²) in [5.74, 6) is 0.974. The van der Waals surface area contributed by atoms with E-state index in [1.165, 1.54) is 17.7 Å². The van der Waals surface area contributed by atoms with E-state index in [1.807, 2.05) is 38.1 Å². The minimum Gasteiger partial charge on any atom is -0.457 e. The maximum Gasteiger partial charge on any atom is 0.130 e. The first kappa shape index (κ1) is 14.2. The van der Waals surface area contributed by atoms with Crippen LogP contribution in [0.1, 0.15) is 26.3 Å². The van der Waals surface area contributed by atoms with Gasteiger partial charge in [0.25, 0.3) is 0 Å². The fraction of sp³-hybridized carbons (Fsp3) is 0.250. The van der Waals surface area contributed by atoms with E-state index in [0.29, 0.717) is 5.75 Å². The lowest BCUT2D eigenvalue weighted by molar-refractivity contribution is 0.476. The summed E-state index contributed by atoms with van der Waals surface area (Å²) in [6, 6.07) is 13.9. The monoisotopic (exact) mass is 246 g/mol. The van der Waals surface area contributed by atoms with Gasteiger partial charge in [-0.1, -0.05) is 39.0 Å². The van der Waals surface area contributed by atoms with E-state index in [-0.39, 0.29) is 5.82 Å². The molecule has 96 valence electrons. The van der Waals surface area contributed by atoms with Crippen molar-refractivity contribution in [1.29, 1.82) is 0 Å². The molecule has 0 N–H and O–H groups in total. The maximum atomic E-state index is 12.9. The molecule has 0 aromatic heterocycles. The highest BCUT2D eigenvalue weighted by atomic mass is 19.1. The minimum atomic E-state index is -0.288. The number of benzene rings is 2. The molecule has 0 spiro atoms. The van der Waals surface area contributed by atoms with Crippen LogP contribution in [0.25, 0.3) is 0 Å². The molecule has 0 aliphatic rings. The minimum absolute atomic E-state index is 0.288. The highest BCUT2D eigenvalue weighted by molar-refractivity contribution is 5.34. The van der Waals surface area contributed by atoms with Crippen LogP contribution in [-0.4, -0.2) is 0 Å². The fourth-order valence-corrected chi connectivity index (χ4v) is 1.50. The van der Waals surface area contributed by atoms with Gasteiger partial charge < -0.3 is 4.74 Å². The summed E-state index contributed by atoms with van der Waals surface area (Å²) >= 11 is 0. The Bertz CT molecular complexity index is 480. The zero-order chi connectivity index (χ0) is 13.4. The molecule has 2 rings (SSSR count). The molecule has 18 heavy (non-hydrogen) atoms. The standard InChI is InChI=1S/C14H13FO.C2H6/c1-2-11-5-3-7-13(9-11)16-14-8-4-6-12(15)10-14;1-2/h3-10H,2H2,1H3;1-2H3. The highest BCUT2D eigenvalue weighted by Crippen LogP contribution is 2.22. The van der Waals surface area contributed by atoms with Crippen molar-refractivity contribution >= 4 is 0 Å². The zero-order valence-corrected chi connectivity index (χ0v) is 11.1. The molecular weight excluding hydrogens is 227 g/mol. The second-order valence-corrected chi connectivity index (χ2v) is 3.56.